The molecular weight excluding hydrogens is 334 g/mol. The number of aromatic nitrogens is 1. The average molecular weight is 355 g/mol. The molecule has 0 bridgehead atoms. The molecule has 126 valence electrons. The van der Waals surface area contributed by atoms with E-state index in [1.54, 1.807) is 23.1 Å². The number of ether oxygens (including phenoxy) is 2. The minimum absolute atomic E-state index is 0.388. The van der Waals surface area contributed by atoms with Gasteiger partial charge in [-0.3, -0.25) is 4.79 Å². The van der Waals surface area contributed by atoms with Gasteiger partial charge in [-0.05, 0) is 31.2 Å². The van der Waals surface area contributed by atoms with Crippen molar-refractivity contribution < 1.29 is 14.3 Å². The smallest absolute Gasteiger partial charge is 0.323 e. The van der Waals surface area contributed by atoms with Crippen LogP contribution in [0.5, 0.6) is 5.75 Å². The SMILES string of the molecule is COC(=O)C(N)CSCc1nc2ccc(OCCCN)cc2s1. The van der Waals surface area contributed by atoms with E-state index >= 15 is 0 Å². The lowest BCUT2D eigenvalue weighted by Gasteiger charge is -2.07. The Balaban J connectivity index is 1.90. The number of thiazole rings is 1. The quantitative estimate of drug-likeness (QED) is 0.522. The van der Waals surface area contributed by atoms with Gasteiger partial charge in [0, 0.05) is 11.5 Å². The van der Waals surface area contributed by atoms with Gasteiger partial charge in [-0.2, -0.15) is 11.8 Å². The zero-order chi connectivity index (χ0) is 16.7. The second-order valence-electron chi connectivity index (χ2n) is 4.87. The van der Waals surface area contributed by atoms with E-state index in [2.05, 4.69) is 9.72 Å². The molecule has 2 rings (SSSR count). The Morgan fingerprint density at radius 1 is 1.48 bits per heavy atom. The standard InChI is InChI=1S/C15H21N3O3S2/c1-20-15(19)11(17)8-22-9-14-18-12-4-3-10(7-13(12)23-14)21-6-2-5-16/h3-4,7,11H,2,5-6,8-9,16-17H2,1H3. The Kier molecular flexibility index (Phi) is 7.10. The summed E-state index contributed by atoms with van der Waals surface area (Å²) in [5.41, 5.74) is 12.1. The molecule has 2 aromatic rings. The molecule has 0 amide bonds. The van der Waals surface area contributed by atoms with E-state index in [9.17, 15) is 4.79 Å². The number of carbonyl (C=O) groups excluding carboxylic acids is 1. The first-order valence-electron chi connectivity index (χ1n) is 7.27. The maximum Gasteiger partial charge on any atom is 0.323 e. The lowest BCUT2D eigenvalue weighted by Crippen LogP contribution is -2.33. The van der Waals surface area contributed by atoms with Gasteiger partial charge < -0.3 is 20.9 Å². The first-order chi connectivity index (χ1) is 11.1. The summed E-state index contributed by atoms with van der Waals surface area (Å²) < 4.78 is 11.3. The molecule has 6 nitrogen and oxygen atoms in total. The number of thioether (sulfide) groups is 1. The van der Waals surface area contributed by atoms with Crippen molar-refractivity contribution in [3.8, 4) is 5.75 Å². The number of hydrogen-bond acceptors (Lipinski definition) is 8. The van der Waals surface area contributed by atoms with Crippen molar-refractivity contribution in [2.75, 3.05) is 26.0 Å². The number of esters is 1. The molecule has 4 N–H and O–H groups in total. The van der Waals surface area contributed by atoms with Crippen LogP contribution in [0, 0.1) is 0 Å². The van der Waals surface area contributed by atoms with Crippen LogP contribution in [-0.2, 0) is 15.3 Å². The van der Waals surface area contributed by atoms with Crippen LogP contribution in [-0.4, -0.2) is 43.0 Å². The summed E-state index contributed by atoms with van der Waals surface area (Å²) in [6.07, 6.45) is 0.836. The van der Waals surface area contributed by atoms with Gasteiger partial charge in [-0.1, -0.05) is 0 Å². The van der Waals surface area contributed by atoms with Crippen molar-refractivity contribution in [1.82, 2.24) is 4.98 Å². The molecular formula is C15H21N3O3S2. The van der Waals surface area contributed by atoms with Gasteiger partial charge in [0.15, 0.2) is 0 Å². The zero-order valence-corrected chi connectivity index (χ0v) is 14.6. The van der Waals surface area contributed by atoms with Crippen molar-refractivity contribution in [1.29, 1.82) is 0 Å². The summed E-state index contributed by atoms with van der Waals surface area (Å²) >= 11 is 3.19. The highest BCUT2D eigenvalue weighted by atomic mass is 32.2. The first-order valence-corrected chi connectivity index (χ1v) is 9.24. The predicted octanol–water partition coefficient (Wildman–Crippen LogP) is 1.76. The number of benzene rings is 1. The van der Waals surface area contributed by atoms with Gasteiger partial charge in [0.25, 0.3) is 0 Å². The van der Waals surface area contributed by atoms with Crippen LogP contribution in [0.3, 0.4) is 0 Å². The minimum Gasteiger partial charge on any atom is -0.493 e. The fraction of sp³-hybridized carbons (Fsp3) is 0.467. The van der Waals surface area contributed by atoms with E-state index in [-0.39, 0.29) is 5.97 Å². The van der Waals surface area contributed by atoms with E-state index < -0.39 is 6.04 Å². The Bertz CT molecular complexity index is 648. The summed E-state index contributed by atoms with van der Waals surface area (Å²) in [5, 5.41) is 1.00. The number of fused-ring (bicyclic) bond motifs is 1. The van der Waals surface area contributed by atoms with Crippen LogP contribution in [0.2, 0.25) is 0 Å². The van der Waals surface area contributed by atoms with Gasteiger partial charge in [0.1, 0.15) is 16.8 Å². The highest BCUT2D eigenvalue weighted by Gasteiger charge is 2.14. The van der Waals surface area contributed by atoms with Gasteiger partial charge in [0.2, 0.25) is 0 Å². The highest BCUT2D eigenvalue weighted by Crippen LogP contribution is 2.28. The maximum absolute atomic E-state index is 11.2. The van der Waals surface area contributed by atoms with Crippen LogP contribution in [0.15, 0.2) is 18.2 Å². The van der Waals surface area contributed by atoms with Gasteiger partial charge in [0.05, 0.1) is 23.9 Å². The van der Waals surface area contributed by atoms with Crippen molar-refractivity contribution in [3.05, 3.63) is 23.2 Å². The molecule has 0 saturated carbocycles. The van der Waals surface area contributed by atoms with E-state index in [1.807, 2.05) is 18.2 Å². The number of nitrogens with two attached hydrogens (primary N) is 2. The second kappa shape index (κ2) is 9.07. The lowest BCUT2D eigenvalue weighted by molar-refractivity contribution is -0.141. The van der Waals surface area contributed by atoms with Gasteiger partial charge in [-0.15, -0.1) is 11.3 Å². The zero-order valence-electron chi connectivity index (χ0n) is 13.0. The number of methoxy groups -OCH3 is 1. The van der Waals surface area contributed by atoms with Crippen molar-refractivity contribution >= 4 is 39.3 Å². The number of nitrogens with zero attached hydrogens (tertiary/aromatic N) is 1. The lowest BCUT2D eigenvalue weighted by atomic mass is 10.3. The third-order valence-electron chi connectivity index (χ3n) is 3.05. The summed E-state index contributed by atoms with van der Waals surface area (Å²) in [6.45, 7) is 1.24. The van der Waals surface area contributed by atoms with Gasteiger partial charge >= 0.3 is 5.97 Å². The van der Waals surface area contributed by atoms with Crippen LogP contribution in [0.25, 0.3) is 10.2 Å². The molecule has 8 heteroatoms. The maximum atomic E-state index is 11.2. The molecule has 0 aliphatic carbocycles. The third-order valence-corrected chi connectivity index (χ3v) is 5.32. The molecule has 0 saturated heterocycles. The monoisotopic (exact) mass is 355 g/mol. The third kappa shape index (κ3) is 5.35. The molecule has 1 aromatic carbocycles. The summed E-state index contributed by atoms with van der Waals surface area (Å²) in [4.78, 5) is 15.8. The molecule has 0 radical (unpaired) electrons. The van der Waals surface area contributed by atoms with Crippen molar-refractivity contribution in [2.45, 2.75) is 18.2 Å². The van der Waals surface area contributed by atoms with Crippen LogP contribution in [0.1, 0.15) is 11.4 Å². The minimum atomic E-state index is -0.595. The first kappa shape index (κ1) is 18.0. The molecule has 0 spiro atoms. The molecule has 1 aromatic heterocycles. The average Bonchev–Trinajstić information content (AvgIpc) is 2.96. The summed E-state index contributed by atoms with van der Waals surface area (Å²) in [5.74, 6) is 1.67. The molecule has 1 unspecified atom stereocenters. The Labute approximate surface area is 143 Å². The topological polar surface area (TPSA) is 100 Å². The predicted molar refractivity (Wildman–Crippen MR) is 94.9 cm³/mol. The largest absolute Gasteiger partial charge is 0.493 e. The van der Waals surface area contributed by atoms with Crippen molar-refractivity contribution in [2.24, 2.45) is 11.5 Å². The molecule has 23 heavy (non-hydrogen) atoms. The van der Waals surface area contributed by atoms with Gasteiger partial charge in [-0.25, -0.2) is 4.98 Å². The fourth-order valence-electron chi connectivity index (χ4n) is 1.87. The summed E-state index contributed by atoms with van der Waals surface area (Å²) in [7, 11) is 1.34. The number of rotatable bonds is 9. The van der Waals surface area contributed by atoms with E-state index in [0.717, 1.165) is 27.4 Å². The van der Waals surface area contributed by atoms with E-state index in [0.29, 0.717) is 24.7 Å². The molecule has 0 fully saturated rings. The molecule has 0 aliphatic rings. The highest BCUT2D eigenvalue weighted by molar-refractivity contribution is 7.98. The normalized spacial score (nSPS) is 12.3. The number of carbonyl (C=O) groups is 1. The van der Waals surface area contributed by atoms with Crippen LogP contribution < -0.4 is 16.2 Å². The van der Waals surface area contributed by atoms with E-state index in [1.165, 1.54) is 7.11 Å². The Morgan fingerprint density at radius 3 is 3.04 bits per heavy atom. The van der Waals surface area contributed by atoms with E-state index in [4.69, 9.17) is 16.2 Å². The Hall–Kier alpha value is -1.35. The van der Waals surface area contributed by atoms with Crippen LogP contribution in [0.4, 0.5) is 0 Å². The molecule has 1 heterocycles. The second-order valence-corrected chi connectivity index (χ2v) is 7.02. The molecule has 0 aliphatic heterocycles. The number of hydrogen-bond donors (Lipinski definition) is 2. The van der Waals surface area contributed by atoms with Crippen molar-refractivity contribution in [3.63, 3.8) is 0 Å². The summed E-state index contributed by atoms with van der Waals surface area (Å²) in [6, 6.07) is 5.28. The fourth-order valence-corrected chi connectivity index (χ4v) is 3.89. The Morgan fingerprint density at radius 2 is 2.30 bits per heavy atom. The van der Waals surface area contributed by atoms with Crippen LogP contribution >= 0.6 is 23.1 Å². The molecule has 1 atom stereocenters.